The summed E-state index contributed by atoms with van der Waals surface area (Å²) in [6.45, 7) is 1.82. The van der Waals surface area contributed by atoms with Crippen LogP contribution in [0.4, 0.5) is 5.69 Å². The van der Waals surface area contributed by atoms with Gasteiger partial charge in [0.15, 0.2) is 11.5 Å². The van der Waals surface area contributed by atoms with Crippen molar-refractivity contribution in [3.63, 3.8) is 0 Å². The number of aromatic amines is 2. The van der Waals surface area contributed by atoms with Crippen molar-refractivity contribution >= 4 is 45.0 Å². The van der Waals surface area contributed by atoms with Gasteiger partial charge in [0.1, 0.15) is 11.2 Å². The van der Waals surface area contributed by atoms with E-state index in [9.17, 15) is 4.79 Å². The Balaban J connectivity index is 1.43. The first-order valence-electron chi connectivity index (χ1n) is 10.8. The number of hydrogen-bond donors (Lipinski definition) is 3. The number of carbonyl (C=O) groups excluding carboxylic acids is 1. The minimum atomic E-state index is -0.0491. The lowest BCUT2D eigenvalue weighted by Gasteiger charge is -2.06. The Bertz CT molecular complexity index is 1650. The quantitative estimate of drug-likeness (QED) is 0.305. The molecule has 0 aliphatic carbocycles. The number of rotatable bonds is 5. The van der Waals surface area contributed by atoms with Crippen LogP contribution in [0.25, 0.3) is 55.2 Å². The van der Waals surface area contributed by atoms with Crippen molar-refractivity contribution in [2.75, 3.05) is 5.32 Å². The fraction of sp³-hybridized carbons (Fsp3) is 0.0800. The van der Waals surface area contributed by atoms with Gasteiger partial charge in [0, 0.05) is 40.2 Å². The van der Waals surface area contributed by atoms with Crippen LogP contribution < -0.4 is 5.32 Å². The number of fused-ring (bicyclic) bond motifs is 2. The lowest BCUT2D eigenvalue weighted by molar-refractivity contribution is -0.115. The van der Waals surface area contributed by atoms with Crippen LogP contribution in [-0.2, 0) is 4.79 Å². The van der Waals surface area contributed by atoms with Crippen LogP contribution in [0.2, 0.25) is 0 Å². The maximum Gasteiger partial charge on any atom is 0.224 e. The molecular weight excluding hydrogens is 446 g/mol. The highest BCUT2D eigenvalue weighted by atomic mass is 32.1. The molecule has 1 aromatic carbocycles. The normalized spacial score (nSPS) is 11.3. The van der Waals surface area contributed by atoms with Crippen LogP contribution in [0, 0.1) is 0 Å². The fourth-order valence-electron chi connectivity index (χ4n) is 3.94. The minimum Gasteiger partial charge on any atom is -0.325 e. The number of nitrogens with one attached hydrogen (secondary N) is 3. The maximum absolute atomic E-state index is 11.8. The number of amides is 1. The van der Waals surface area contributed by atoms with Gasteiger partial charge in [0.2, 0.25) is 5.91 Å². The van der Waals surface area contributed by atoms with E-state index < -0.39 is 0 Å². The first-order chi connectivity index (χ1) is 16.7. The molecule has 5 heterocycles. The van der Waals surface area contributed by atoms with Gasteiger partial charge in [0.25, 0.3) is 0 Å². The smallest absolute Gasteiger partial charge is 0.224 e. The fourth-order valence-corrected chi connectivity index (χ4v) is 4.70. The number of H-pyrrole nitrogens is 2. The topological polar surface area (TPSA) is 112 Å². The van der Waals surface area contributed by atoms with E-state index in [0.29, 0.717) is 17.9 Å². The van der Waals surface area contributed by atoms with Crippen molar-refractivity contribution in [2.24, 2.45) is 0 Å². The standard InChI is InChI=1S/C25H19N7OS/c1-2-21(33)28-16-10-15(12-26-13-16)14-5-6-19-18(11-14)23(32-31-19)25-29-22-17(20-4-3-9-34-20)7-8-27-24(22)30-25/h3-13H,2H2,1H3,(H,28,33)(H,31,32)(H,27,29,30). The molecule has 9 heteroatoms. The van der Waals surface area contributed by atoms with Crippen LogP contribution >= 0.6 is 11.3 Å². The van der Waals surface area contributed by atoms with Crippen molar-refractivity contribution in [1.82, 2.24) is 30.1 Å². The molecular formula is C25H19N7OS. The van der Waals surface area contributed by atoms with Crippen molar-refractivity contribution in [3.8, 4) is 33.1 Å². The summed E-state index contributed by atoms with van der Waals surface area (Å²) in [4.78, 5) is 29.9. The van der Waals surface area contributed by atoms with E-state index in [1.54, 1.807) is 29.9 Å². The molecule has 0 fully saturated rings. The molecule has 34 heavy (non-hydrogen) atoms. The minimum absolute atomic E-state index is 0.0491. The van der Waals surface area contributed by atoms with Crippen molar-refractivity contribution < 1.29 is 4.79 Å². The molecule has 0 saturated carbocycles. The van der Waals surface area contributed by atoms with Gasteiger partial charge in [-0.3, -0.25) is 14.9 Å². The predicted octanol–water partition coefficient (Wildman–Crippen LogP) is 5.64. The van der Waals surface area contributed by atoms with Crippen molar-refractivity contribution in [1.29, 1.82) is 0 Å². The van der Waals surface area contributed by atoms with E-state index >= 15 is 0 Å². The molecule has 1 amide bonds. The van der Waals surface area contributed by atoms with Crippen LogP contribution in [-0.4, -0.2) is 36.0 Å². The van der Waals surface area contributed by atoms with E-state index in [-0.39, 0.29) is 5.91 Å². The highest BCUT2D eigenvalue weighted by Gasteiger charge is 2.17. The molecule has 0 atom stereocenters. The molecule has 0 unspecified atom stereocenters. The van der Waals surface area contributed by atoms with E-state index in [4.69, 9.17) is 4.98 Å². The Morgan fingerprint density at radius 3 is 2.91 bits per heavy atom. The first-order valence-corrected chi connectivity index (χ1v) is 11.7. The number of imidazole rings is 1. The molecule has 6 aromatic rings. The summed E-state index contributed by atoms with van der Waals surface area (Å²) in [6, 6.07) is 14.0. The first kappa shape index (κ1) is 20.3. The Morgan fingerprint density at radius 2 is 2.06 bits per heavy atom. The number of anilines is 1. The van der Waals surface area contributed by atoms with Gasteiger partial charge in [-0.15, -0.1) is 11.3 Å². The van der Waals surface area contributed by atoms with Gasteiger partial charge in [-0.2, -0.15) is 5.10 Å². The van der Waals surface area contributed by atoms with E-state index in [1.807, 2.05) is 37.3 Å². The van der Waals surface area contributed by atoms with Gasteiger partial charge in [-0.05, 0) is 41.3 Å². The number of pyridine rings is 2. The summed E-state index contributed by atoms with van der Waals surface area (Å²) in [5.41, 5.74) is 6.72. The lowest BCUT2D eigenvalue weighted by atomic mass is 10.0. The number of aromatic nitrogens is 6. The van der Waals surface area contributed by atoms with Gasteiger partial charge in [0.05, 0.1) is 17.4 Å². The van der Waals surface area contributed by atoms with E-state index in [2.05, 4.69) is 48.0 Å². The molecule has 5 aromatic heterocycles. The largest absolute Gasteiger partial charge is 0.325 e. The molecule has 8 nitrogen and oxygen atoms in total. The Kier molecular flexibility index (Phi) is 4.88. The Morgan fingerprint density at radius 1 is 1.12 bits per heavy atom. The summed E-state index contributed by atoms with van der Waals surface area (Å²) in [6.07, 6.45) is 5.62. The van der Waals surface area contributed by atoms with Gasteiger partial charge >= 0.3 is 0 Å². The molecule has 0 aliphatic heterocycles. The van der Waals surface area contributed by atoms with Crippen molar-refractivity contribution in [3.05, 3.63) is 66.4 Å². The zero-order chi connectivity index (χ0) is 23.1. The summed E-state index contributed by atoms with van der Waals surface area (Å²) >= 11 is 1.67. The molecule has 166 valence electrons. The van der Waals surface area contributed by atoms with Crippen LogP contribution in [0.5, 0.6) is 0 Å². The summed E-state index contributed by atoms with van der Waals surface area (Å²) in [5, 5.41) is 13.5. The second-order valence-corrected chi connectivity index (χ2v) is 8.76. The highest BCUT2D eigenvalue weighted by Crippen LogP contribution is 2.34. The van der Waals surface area contributed by atoms with Crippen molar-refractivity contribution in [2.45, 2.75) is 13.3 Å². The molecule has 3 N–H and O–H groups in total. The molecule has 0 radical (unpaired) electrons. The number of nitrogens with zero attached hydrogens (tertiary/aromatic N) is 4. The van der Waals surface area contributed by atoms with Crippen LogP contribution in [0.15, 0.2) is 66.4 Å². The van der Waals surface area contributed by atoms with E-state index in [0.717, 1.165) is 49.3 Å². The zero-order valence-electron chi connectivity index (χ0n) is 18.2. The number of carbonyl (C=O) groups is 1. The zero-order valence-corrected chi connectivity index (χ0v) is 19.0. The maximum atomic E-state index is 11.8. The summed E-state index contributed by atoms with van der Waals surface area (Å²) < 4.78 is 0. The van der Waals surface area contributed by atoms with E-state index in [1.165, 1.54) is 0 Å². The summed E-state index contributed by atoms with van der Waals surface area (Å²) in [7, 11) is 0. The third kappa shape index (κ3) is 3.52. The number of thiophene rings is 1. The third-order valence-corrected chi connectivity index (χ3v) is 6.54. The SMILES string of the molecule is CCC(=O)Nc1cncc(-c2ccc3[nH]nc(-c4nc5c(-c6cccs6)ccnc5[nH]4)c3c2)c1. The monoisotopic (exact) mass is 465 g/mol. The number of hydrogen-bond acceptors (Lipinski definition) is 6. The summed E-state index contributed by atoms with van der Waals surface area (Å²) in [5.74, 6) is 0.601. The highest BCUT2D eigenvalue weighted by molar-refractivity contribution is 7.13. The predicted molar refractivity (Wildman–Crippen MR) is 134 cm³/mol. The second-order valence-electron chi connectivity index (χ2n) is 7.82. The average Bonchev–Trinajstić information content (AvgIpc) is 3.62. The van der Waals surface area contributed by atoms with Gasteiger partial charge in [-0.1, -0.05) is 19.1 Å². The van der Waals surface area contributed by atoms with Gasteiger partial charge < -0.3 is 10.3 Å². The second kappa shape index (κ2) is 8.20. The molecule has 0 bridgehead atoms. The number of benzene rings is 1. The third-order valence-electron chi connectivity index (χ3n) is 5.63. The lowest BCUT2D eigenvalue weighted by Crippen LogP contribution is -2.09. The molecule has 6 rings (SSSR count). The Labute approximate surface area is 198 Å². The average molecular weight is 466 g/mol. The van der Waals surface area contributed by atoms with Crippen LogP contribution in [0.3, 0.4) is 0 Å². The molecule has 0 spiro atoms. The van der Waals surface area contributed by atoms with Crippen LogP contribution in [0.1, 0.15) is 13.3 Å². The molecule has 0 saturated heterocycles. The molecule has 0 aliphatic rings. The Hall–Kier alpha value is -4.37. The van der Waals surface area contributed by atoms with Gasteiger partial charge in [-0.25, -0.2) is 9.97 Å².